The minimum Gasteiger partial charge on any atom is -0.382 e. The maximum Gasteiger partial charge on any atom is 0.0796 e. The van der Waals surface area contributed by atoms with Crippen molar-refractivity contribution >= 4 is 30.1 Å². The minimum absolute atomic E-state index is 0.444. The predicted molar refractivity (Wildman–Crippen MR) is 62.1 cm³/mol. The average Bonchev–Trinajstić information content (AvgIpc) is 2.09. The Balaban J connectivity index is 2.89. The lowest BCUT2D eigenvalue weighted by Crippen LogP contribution is -2.16. The van der Waals surface area contributed by atoms with Gasteiger partial charge in [0.1, 0.15) is 0 Å². The Morgan fingerprint density at radius 3 is 2.38 bits per heavy atom. The molecule has 0 heterocycles. The van der Waals surface area contributed by atoms with Gasteiger partial charge in [-0.2, -0.15) is 0 Å². The fourth-order valence-electron chi connectivity index (χ4n) is 1.33. The van der Waals surface area contributed by atoms with Gasteiger partial charge < -0.3 is 11.1 Å². The van der Waals surface area contributed by atoms with Crippen LogP contribution in [0.2, 0.25) is 0 Å². The lowest BCUT2D eigenvalue weighted by Gasteiger charge is -2.18. The number of nitrogens with two attached hydrogens (primary N) is 1. The summed E-state index contributed by atoms with van der Waals surface area (Å²) in [5.74, 6) is 0.444. The van der Waals surface area contributed by atoms with E-state index in [9.17, 15) is 0 Å². The Morgan fingerprint density at radius 2 is 1.92 bits per heavy atom. The van der Waals surface area contributed by atoms with Gasteiger partial charge in [-0.15, -0.1) is 0 Å². The predicted octanol–water partition coefficient (Wildman–Crippen LogP) is 2.52. The Morgan fingerprint density at radius 1 is 1.31 bits per heavy atom. The Labute approximate surface area is 88.8 Å². The first kappa shape index (κ1) is 10.8. The molecule has 0 aromatic heterocycles. The molecule has 0 amide bonds. The first-order valence-corrected chi connectivity index (χ1v) is 5.18. The quantitative estimate of drug-likeness (QED) is 0.755. The summed E-state index contributed by atoms with van der Waals surface area (Å²) in [6.07, 6.45) is 0. The van der Waals surface area contributed by atoms with Gasteiger partial charge >= 0.3 is 0 Å². The average molecular weight is 214 g/mol. The smallest absolute Gasteiger partial charge is 0.0796 e. The zero-order chi connectivity index (χ0) is 10.0. The van der Waals surface area contributed by atoms with E-state index in [4.69, 9.17) is 30.2 Å². The van der Waals surface area contributed by atoms with E-state index in [1.54, 1.807) is 0 Å². The third-order valence-electron chi connectivity index (χ3n) is 1.97. The number of nitrogens with one attached hydrogen (secondary N) is 1. The van der Waals surface area contributed by atoms with Crippen LogP contribution in [-0.4, -0.2) is 13.1 Å². The summed E-state index contributed by atoms with van der Waals surface area (Å²) in [5.41, 5.74) is 7.63. The van der Waals surface area contributed by atoms with Crippen LogP contribution in [0.5, 0.6) is 0 Å². The summed E-state index contributed by atoms with van der Waals surface area (Å²) >= 11 is 10.3. The van der Waals surface area contributed by atoms with Crippen molar-refractivity contribution in [3.05, 3.63) is 14.6 Å². The molecule has 0 aliphatic rings. The Bertz CT molecular complexity index is 361. The summed E-state index contributed by atoms with van der Waals surface area (Å²) in [7, 11) is 0. The molecule has 4 heteroatoms. The fraction of sp³-hybridized carbons (Fsp3) is 0.556. The molecule has 0 unspecified atom stereocenters. The molecule has 0 radical (unpaired) electrons. The van der Waals surface area contributed by atoms with Crippen LogP contribution in [0.25, 0.3) is 0 Å². The van der Waals surface area contributed by atoms with E-state index < -0.39 is 0 Å². The molecule has 13 heavy (non-hydrogen) atoms. The van der Waals surface area contributed by atoms with Crippen LogP contribution >= 0.6 is 24.4 Å². The zero-order valence-corrected chi connectivity index (χ0v) is 9.52. The first-order chi connectivity index (χ1) is 6.09. The van der Waals surface area contributed by atoms with Crippen LogP contribution in [-0.2, 0) is 0 Å². The van der Waals surface area contributed by atoms with Crippen molar-refractivity contribution < 1.29 is 0 Å². The highest BCUT2D eigenvalue weighted by molar-refractivity contribution is 7.74. The molecule has 0 saturated heterocycles. The van der Waals surface area contributed by atoms with Gasteiger partial charge in [-0.3, -0.25) is 0 Å². The fourth-order valence-corrected chi connectivity index (χ4v) is 2.06. The van der Waals surface area contributed by atoms with Crippen LogP contribution in [0.1, 0.15) is 25.3 Å². The molecule has 1 rings (SSSR count). The molecule has 0 saturated carbocycles. The zero-order valence-electron chi connectivity index (χ0n) is 7.89. The monoisotopic (exact) mass is 214 g/mol. The standard InChI is InChI=1S/C9H14N2S2/c1-5(2)6-7(11-4-3-10)9(13)8(6)12/h5,11H,3-4,10H2,1-2H3. The molecule has 1 aromatic rings. The van der Waals surface area contributed by atoms with E-state index in [0.29, 0.717) is 12.5 Å². The Hall–Kier alpha value is -0.320. The second kappa shape index (κ2) is 4.26. The van der Waals surface area contributed by atoms with Gasteiger partial charge in [0.2, 0.25) is 0 Å². The second-order valence-electron chi connectivity index (χ2n) is 3.32. The number of rotatable bonds is 4. The van der Waals surface area contributed by atoms with Gasteiger partial charge in [-0.05, 0) is 11.5 Å². The third-order valence-corrected chi connectivity index (χ3v) is 2.93. The van der Waals surface area contributed by atoms with E-state index in [-0.39, 0.29) is 0 Å². The minimum atomic E-state index is 0.444. The summed E-state index contributed by atoms with van der Waals surface area (Å²) in [6.45, 7) is 5.61. The van der Waals surface area contributed by atoms with Crippen LogP contribution in [0.3, 0.4) is 0 Å². The maximum atomic E-state index is 5.40. The van der Waals surface area contributed by atoms with Crippen molar-refractivity contribution in [1.82, 2.24) is 0 Å². The maximum absolute atomic E-state index is 5.40. The van der Waals surface area contributed by atoms with Crippen LogP contribution in [0.15, 0.2) is 0 Å². The summed E-state index contributed by atoms with van der Waals surface area (Å²) < 4.78 is 1.65. The summed E-state index contributed by atoms with van der Waals surface area (Å²) in [6, 6.07) is 0. The second-order valence-corrected chi connectivity index (χ2v) is 4.13. The molecule has 3 N–H and O–H groups in total. The number of hydrogen-bond donors (Lipinski definition) is 2. The van der Waals surface area contributed by atoms with Crippen molar-refractivity contribution in [3.8, 4) is 0 Å². The van der Waals surface area contributed by atoms with E-state index in [1.807, 2.05) is 0 Å². The molecular weight excluding hydrogens is 200 g/mol. The van der Waals surface area contributed by atoms with E-state index in [1.165, 1.54) is 5.56 Å². The van der Waals surface area contributed by atoms with Gasteiger partial charge in [0.15, 0.2) is 0 Å². The molecule has 0 aliphatic carbocycles. The van der Waals surface area contributed by atoms with Gasteiger partial charge in [0, 0.05) is 13.1 Å². The molecule has 0 fully saturated rings. The SMILES string of the molecule is CC(C)c1c(NCCN)c(=S)c1=S. The van der Waals surface area contributed by atoms with Crippen LogP contribution < -0.4 is 11.1 Å². The summed E-state index contributed by atoms with van der Waals surface area (Å²) in [5, 5.41) is 3.21. The molecule has 0 bridgehead atoms. The van der Waals surface area contributed by atoms with Crippen molar-refractivity contribution in [2.24, 2.45) is 5.73 Å². The number of anilines is 1. The molecule has 1 aromatic carbocycles. The molecule has 0 aliphatic heterocycles. The van der Waals surface area contributed by atoms with Crippen molar-refractivity contribution in [3.63, 3.8) is 0 Å². The molecule has 72 valence electrons. The highest BCUT2D eigenvalue weighted by Crippen LogP contribution is 2.32. The third kappa shape index (κ3) is 1.95. The van der Waals surface area contributed by atoms with Gasteiger partial charge in [-0.25, -0.2) is 0 Å². The van der Waals surface area contributed by atoms with E-state index in [0.717, 1.165) is 21.3 Å². The topological polar surface area (TPSA) is 38.0 Å². The van der Waals surface area contributed by atoms with Crippen molar-refractivity contribution in [1.29, 1.82) is 0 Å². The molecule has 0 atom stereocenters. The van der Waals surface area contributed by atoms with Gasteiger partial charge in [-0.1, -0.05) is 38.3 Å². The highest BCUT2D eigenvalue weighted by Gasteiger charge is 2.16. The highest BCUT2D eigenvalue weighted by atomic mass is 32.1. The lowest BCUT2D eigenvalue weighted by molar-refractivity contribution is 0.850. The van der Waals surface area contributed by atoms with Crippen molar-refractivity contribution in [2.75, 3.05) is 18.4 Å². The van der Waals surface area contributed by atoms with Gasteiger partial charge in [0.25, 0.3) is 0 Å². The molecule has 2 nitrogen and oxygen atoms in total. The normalized spacial score (nSPS) is 11.1. The largest absolute Gasteiger partial charge is 0.382 e. The van der Waals surface area contributed by atoms with E-state index in [2.05, 4.69) is 19.2 Å². The number of hydrogen-bond acceptors (Lipinski definition) is 4. The van der Waals surface area contributed by atoms with Crippen LogP contribution in [0.4, 0.5) is 5.69 Å². The van der Waals surface area contributed by atoms with Gasteiger partial charge in [0.05, 0.1) is 14.7 Å². The van der Waals surface area contributed by atoms with Crippen LogP contribution in [0, 0.1) is 9.02 Å². The van der Waals surface area contributed by atoms with Crippen molar-refractivity contribution in [2.45, 2.75) is 19.8 Å². The lowest BCUT2D eigenvalue weighted by atomic mass is 9.97. The Kier molecular flexibility index (Phi) is 3.53. The summed E-state index contributed by atoms with van der Waals surface area (Å²) in [4.78, 5) is 0. The van der Waals surface area contributed by atoms with E-state index >= 15 is 0 Å². The molecular formula is C9H14N2S2. The molecule has 0 spiro atoms. The first-order valence-electron chi connectivity index (χ1n) is 4.36.